The first-order chi connectivity index (χ1) is 9.09. The van der Waals surface area contributed by atoms with E-state index in [1.807, 2.05) is 0 Å². The number of aromatic nitrogens is 2. The van der Waals surface area contributed by atoms with Crippen molar-refractivity contribution in [2.45, 2.75) is 4.90 Å². The van der Waals surface area contributed by atoms with E-state index in [0.29, 0.717) is 24.1 Å². The van der Waals surface area contributed by atoms with Crippen molar-refractivity contribution in [3.63, 3.8) is 0 Å². The monoisotopic (exact) mass is 283 g/mol. The van der Waals surface area contributed by atoms with Crippen LogP contribution >= 0.6 is 0 Å². The molecule has 1 fully saturated rings. The molecule has 0 unspecified atom stereocenters. The van der Waals surface area contributed by atoms with Crippen LogP contribution in [0.1, 0.15) is 0 Å². The zero-order valence-corrected chi connectivity index (χ0v) is 11.4. The summed E-state index contributed by atoms with van der Waals surface area (Å²) in [6.45, 7) is 2.67. The number of quaternary nitrogens is 1. The average Bonchev–Trinajstić information content (AvgIpc) is 2.87. The van der Waals surface area contributed by atoms with Crippen LogP contribution in [0.5, 0.6) is 0 Å². The van der Waals surface area contributed by atoms with Gasteiger partial charge in [-0.15, -0.1) is 0 Å². The molecule has 3 rings (SSSR count). The van der Waals surface area contributed by atoms with Crippen LogP contribution in [0.3, 0.4) is 0 Å². The minimum atomic E-state index is -3.52. The first-order valence-electron chi connectivity index (χ1n) is 6.12. The van der Waals surface area contributed by atoms with Gasteiger partial charge in [-0.3, -0.25) is 0 Å². The van der Waals surface area contributed by atoms with Gasteiger partial charge < -0.3 is 4.90 Å². The standard InChI is InChI=1S/C11H14N4O3S/c1-14-5-7-15(8-6-14)19(16,17)10-4-2-3-9-11(10)13-18-12-9/h2-4H,5-8H2,1H3/p+1. The Morgan fingerprint density at radius 1 is 1.26 bits per heavy atom. The van der Waals surface area contributed by atoms with Gasteiger partial charge >= 0.3 is 0 Å². The SMILES string of the molecule is C[NH+]1CCN(S(=O)(=O)c2cccc3nonc23)CC1. The van der Waals surface area contributed by atoms with E-state index in [1.54, 1.807) is 18.2 Å². The molecular weight excluding hydrogens is 268 g/mol. The maximum absolute atomic E-state index is 12.6. The van der Waals surface area contributed by atoms with Gasteiger partial charge in [0.1, 0.15) is 10.4 Å². The maximum atomic E-state index is 12.6. The van der Waals surface area contributed by atoms with Gasteiger partial charge in [-0.05, 0) is 22.4 Å². The number of piperazine rings is 1. The summed E-state index contributed by atoms with van der Waals surface area (Å²) in [5, 5.41) is 7.37. The van der Waals surface area contributed by atoms with Crippen LogP contribution in [0.4, 0.5) is 0 Å². The van der Waals surface area contributed by atoms with Crippen molar-refractivity contribution in [2.24, 2.45) is 0 Å². The summed E-state index contributed by atoms with van der Waals surface area (Å²) in [5.41, 5.74) is 0.759. The topological polar surface area (TPSA) is 80.7 Å². The highest BCUT2D eigenvalue weighted by Gasteiger charge is 2.31. The highest BCUT2D eigenvalue weighted by molar-refractivity contribution is 7.89. The molecule has 1 aromatic carbocycles. The van der Waals surface area contributed by atoms with E-state index in [0.717, 1.165) is 13.1 Å². The Morgan fingerprint density at radius 3 is 2.74 bits per heavy atom. The summed E-state index contributed by atoms with van der Waals surface area (Å²) in [6.07, 6.45) is 0. The van der Waals surface area contributed by atoms with E-state index in [4.69, 9.17) is 0 Å². The second-order valence-corrected chi connectivity index (χ2v) is 6.66. The normalized spacial score (nSPS) is 19.0. The predicted molar refractivity (Wildman–Crippen MR) is 67.2 cm³/mol. The quantitative estimate of drug-likeness (QED) is 0.744. The molecule has 1 aromatic heterocycles. The fraction of sp³-hybridized carbons (Fsp3) is 0.455. The first kappa shape index (κ1) is 12.5. The largest absolute Gasteiger partial charge is 0.335 e. The van der Waals surface area contributed by atoms with Gasteiger partial charge in [0.15, 0.2) is 5.52 Å². The molecule has 0 saturated carbocycles. The minimum absolute atomic E-state index is 0.172. The molecule has 19 heavy (non-hydrogen) atoms. The minimum Gasteiger partial charge on any atom is -0.335 e. The lowest BCUT2D eigenvalue weighted by Crippen LogP contribution is -3.12. The number of sulfonamides is 1. The number of hydrogen-bond donors (Lipinski definition) is 1. The molecule has 0 spiro atoms. The molecule has 0 bridgehead atoms. The molecule has 1 N–H and O–H groups in total. The van der Waals surface area contributed by atoms with Crippen LogP contribution in [0.25, 0.3) is 11.0 Å². The van der Waals surface area contributed by atoms with Crippen molar-refractivity contribution in [2.75, 3.05) is 33.2 Å². The van der Waals surface area contributed by atoms with Gasteiger partial charge in [0, 0.05) is 0 Å². The Bertz CT molecular complexity index is 689. The second-order valence-electron chi connectivity index (χ2n) is 4.75. The average molecular weight is 283 g/mol. The number of nitrogens with zero attached hydrogens (tertiary/aromatic N) is 3. The van der Waals surface area contributed by atoms with Crippen LogP contribution in [0, 0.1) is 0 Å². The van der Waals surface area contributed by atoms with Crippen molar-refractivity contribution in [1.29, 1.82) is 0 Å². The summed E-state index contributed by atoms with van der Waals surface area (Å²) < 4.78 is 31.3. The van der Waals surface area contributed by atoms with Crippen LogP contribution in [0.15, 0.2) is 27.7 Å². The Labute approximate surface area is 110 Å². The molecule has 1 saturated heterocycles. The summed E-state index contributed by atoms with van der Waals surface area (Å²) in [4.78, 5) is 1.51. The van der Waals surface area contributed by atoms with E-state index in [2.05, 4.69) is 22.0 Å². The molecule has 0 amide bonds. The molecular formula is C11H15N4O3S+. The molecule has 1 aliphatic rings. The van der Waals surface area contributed by atoms with E-state index >= 15 is 0 Å². The molecule has 2 heterocycles. The molecule has 2 aromatic rings. The van der Waals surface area contributed by atoms with Gasteiger partial charge in [0.05, 0.1) is 33.2 Å². The van der Waals surface area contributed by atoms with Gasteiger partial charge in [0.25, 0.3) is 0 Å². The lowest BCUT2D eigenvalue weighted by atomic mass is 10.3. The number of nitrogens with one attached hydrogen (secondary N) is 1. The third-order valence-corrected chi connectivity index (χ3v) is 5.37. The zero-order chi connectivity index (χ0) is 13.5. The lowest BCUT2D eigenvalue weighted by molar-refractivity contribution is -0.883. The second kappa shape index (κ2) is 4.55. The Hall–Kier alpha value is -1.51. The predicted octanol–water partition coefficient (Wildman–Crippen LogP) is -1.26. The molecule has 0 aliphatic carbocycles. The summed E-state index contributed by atoms with van der Waals surface area (Å²) in [5.74, 6) is 0. The Morgan fingerprint density at radius 2 is 2.00 bits per heavy atom. The summed E-state index contributed by atoms with van der Waals surface area (Å²) >= 11 is 0. The smallest absolute Gasteiger partial charge is 0.245 e. The van der Waals surface area contributed by atoms with E-state index in [1.165, 1.54) is 9.21 Å². The van der Waals surface area contributed by atoms with Crippen molar-refractivity contribution in [1.82, 2.24) is 14.6 Å². The fourth-order valence-electron chi connectivity index (χ4n) is 2.24. The first-order valence-corrected chi connectivity index (χ1v) is 7.56. The van der Waals surface area contributed by atoms with Gasteiger partial charge in [-0.25, -0.2) is 13.0 Å². The molecule has 1 aliphatic heterocycles. The van der Waals surface area contributed by atoms with Gasteiger partial charge in [-0.2, -0.15) is 4.31 Å². The maximum Gasteiger partial charge on any atom is 0.245 e. The number of hydrogen-bond acceptors (Lipinski definition) is 5. The molecule has 8 heteroatoms. The molecule has 7 nitrogen and oxygen atoms in total. The molecule has 102 valence electrons. The van der Waals surface area contributed by atoms with E-state index < -0.39 is 10.0 Å². The number of fused-ring (bicyclic) bond motifs is 1. The zero-order valence-electron chi connectivity index (χ0n) is 10.5. The van der Waals surface area contributed by atoms with E-state index in [-0.39, 0.29) is 4.90 Å². The highest BCUT2D eigenvalue weighted by Crippen LogP contribution is 2.23. The lowest BCUT2D eigenvalue weighted by Gasteiger charge is -2.29. The van der Waals surface area contributed by atoms with E-state index in [9.17, 15) is 8.42 Å². The van der Waals surface area contributed by atoms with Crippen LogP contribution in [0.2, 0.25) is 0 Å². The summed E-state index contributed by atoms with van der Waals surface area (Å²) in [6, 6.07) is 4.88. The van der Waals surface area contributed by atoms with Crippen molar-refractivity contribution in [3.05, 3.63) is 18.2 Å². The third kappa shape index (κ3) is 2.11. The highest BCUT2D eigenvalue weighted by atomic mass is 32.2. The van der Waals surface area contributed by atoms with Crippen molar-refractivity contribution in [3.8, 4) is 0 Å². The number of likely N-dealkylation sites (N-methyl/N-ethyl adjacent to an activating group) is 1. The van der Waals surface area contributed by atoms with Crippen LogP contribution in [-0.4, -0.2) is 56.3 Å². The Kier molecular flexibility index (Phi) is 3.00. The van der Waals surface area contributed by atoms with Crippen molar-refractivity contribution < 1.29 is 17.9 Å². The molecule has 0 atom stereocenters. The molecule has 0 radical (unpaired) electrons. The third-order valence-electron chi connectivity index (χ3n) is 3.44. The fourth-order valence-corrected chi connectivity index (χ4v) is 3.82. The summed E-state index contributed by atoms with van der Waals surface area (Å²) in [7, 11) is -1.46. The Balaban J connectivity index is 2.02. The van der Waals surface area contributed by atoms with Crippen LogP contribution < -0.4 is 4.90 Å². The van der Waals surface area contributed by atoms with Crippen molar-refractivity contribution >= 4 is 21.1 Å². The van der Waals surface area contributed by atoms with Gasteiger partial charge in [-0.1, -0.05) is 6.07 Å². The van der Waals surface area contributed by atoms with Gasteiger partial charge in [0.2, 0.25) is 10.0 Å². The number of rotatable bonds is 2. The van der Waals surface area contributed by atoms with Crippen LogP contribution in [-0.2, 0) is 10.0 Å². The number of benzene rings is 1.